The Morgan fingerprint density at radius 1 is 1.04 bits per heavy atom. The second kappa shape index (κ2) is 9.10. The van der Waals surface area contributed by atoms with Crippen LogP contribution in [0.25, 0.3) is 0 Å². The molecule has 0 spiro atoms. The Kier molecular flexibility index (Phi) is 7.07. The van der Waals surface area contributed by atoms with Crippen LogP contribution in [-0.4, -0.2) is 31.8 Å². The van der Waals surface area contributed by atoms with Gasteiger partial charge in [-0.05, 0) is 44.5 Å². The van der Waals surface area contributed by atoms with Crippen molar-refractivity contribution in [3.8, 4) is 11.5 Å². The molecular formula is C21H24BrNO5. The monoisotopic (exact) mass is 449 g/mol. The smallest absolute Gasteiger partial charge is 0.428 e. The molecule has 2 aromatic carbocycles. The molecule has 0 aliphatic heterocycles. The molecule has 0 N–H and O–H groups in total. The Labute approximate surface area is 173 Å². The molecule has 0 fully saturated rings. The van der Waals surface area contributed by atoms with E-state index in [1.165, 1.54) is 0 Å². The van der Waals surface area contributed by atoms with Gasteiger partial charge in [0.15, 0.2) is 5.75 Å². The molecule has 0 aliphatic rings. The maximum absolute atomic E-state index is 12.9. The third kappa shape index (κ3) is 5.99. The quantitative estimate of drug-likeness (QED) is 0.271. The van der Waals surface area contributed by atoms with Gasteiger partial charge in [0.05, 0.1) is 0 Å². The van der Waals surface area contributed by atoms with E-state index < -0.39 is 17.7 Å². The first-order valence-electron chi connectivity index (χ1n) is 8.69. The van der Waals surface area contributed by atoms with Gasteiger partial charge in [-0.1, -0.05) is 34.1 Å². The lowest BCUT2D eigenvalue weighted by molar-refractivity contribution is 0.0204. The van der Waals surface area contributed by atoms with Gasteiger partial charge in [0, 0.05) is 31.2 Å². The summed E-state index contributed by atoms with van der Waals surface area (Å²) in [7, 11) is 3.71. The van der Waals surface area contributed by atoms with Gasteiger partial charge in [0.2, 0.25) is 0 Å². The fourth-order valence-corrected chi connectivity index (χ4v) is 2.78. The van der Waals surface area contributed by atoms with E-state index in [1.807, 2.05) is 31.1 Å². The van der Waals surface area contributed by atoms with Crippen molar-refractivity contribution in [2.24, 2.45) is 0 Å². The topological polar surface area (TPSA) is 65.1 Å². The van der Waals surface area contributed by atoms with Crippen LogP contribution >= 0.6 is 15.9 Å². The molecule has 0 bridgehead atoms. The zero-order chi connectivity index (χ0) is 20.9. The van der Waals surface area contributed by atoms with Crippen molar-refractivity contribution in [1.29, 1.82) is 0 Å². The molecule has 0 radical (unpaired) electrons. The largest absolute Gasteiger partial charge is 0.514 e. The summed E-state index contributed by atoms with van der Waals surface area (Å²) in [4.78, 5) is 26.9. The minimum atomic E-state index is -0.891. The molecule has 0 aromatic heterocycles. The lowest BCUT2D eigenvalue weighted by Crippen LogP contribution is -2.27. The highest BCUT2D eigenvalue weighted by Crippen LogP contribution is 2.32. The van der Waals surface area contributed by atoms with Gasteiger partial charge in [0.25, 0.3) is 0 Å². The highest BCUT2D eigenvalue weighted by atomic mass is 79.9. The fraction of sp³-hybridized carbons (Fsp3) is 0.333. The van der Waals surface area contributed by atoms with E-state index in [0.29, 0.717) is 16.6 Å². The van der Waals surface area contributed by atoms with Crippen molar-refractivity contribution >= 4 is 33.7 Å². The van der Waals surface area contributed by atoms with Crippen LogP contribution < -0.4 is 14.4 Å². The third-order valence-corrected chi connectivity index (χ3v) is 4.17. The fourth-order valence-electron chi connectivity index (χ4n) is 2.34. The highest BCUT2D eigenvalue weighted by molar-refractivity contribution is 9.08. The maximum atomic E-state index is 12.9. The molecule has 0 aliphatic carbocycles. The molecule has 0 heterocycles. The van der Waals surface area contributed by atoms with E-state index in [1.54, 1.807) is 51.1 Å². The summed E-state index contributed by atoms with van der Waals surface area (Å²) < 4.78 is 16.1. The molecule has 0 saturated heterocycles. The molecule has 0 saturated carbocycles. The highest BCUT2D eigenvalue weighted by Gasteiger charge is 2.25. The van der Waals surface area contributed by atoms with Crippen molar-refractivity contribution in [1.82, 2.24) is 0 Å². The predicted molar refractivity (Wildman–Crippen MR) is 112 cm³/mol. The first-order chi connectivity index (χ1) is 13.1. The molecule has 0 amide bonds. The van der Waals surface area contributed by atoms with E-state index in [4.69, 9.17) is 14.2 Å². The van der Waals surface area contributed by atoms with Crippen LogP contribution in [0, 0.1) is 0 Å². The molecule has 2 aromatic rings. The summed E-state index contributed by atoms with van der Waals surface area (Å²) in [6.07, 6.45) is -0.891. The molecule has 0 unspecified atom stereocenters. The average Bonchev–Trinajstić information content (AvgIpc) is 2.59. The number of rotatable bonds is 5. The van der Waals surface area contributed by atoms with Crippen molar-refractivity contribution in [2.75, 3.05) is 19.0 Å². The van der Waals surface area contributed by atoms with Gasteiger partial charge in [-0.15, -0.1) is 0 Å². The van der Waals surface area contributed by atoms with E-state index >= 15 is 0 Å². The number of halogens is 1. The number of alkyl halides is 1. The lowest BCUT2D eigenvalue weighted by atomic mass is 10.1. The average molecular weight is 450 g/mol. The van der Waals surface area contributed by atoms with Crippen LogP contribution in [-0.2, 0) is 10.1 Å². The van der Waals surface area contributed by atoms with Gasteiger partial charge < -0.3 is 19.1 Å². The van der Waals surface area contributed by atoms with Crippen molar-refractivity contribution in [2.45, 2.75) is 31.7 Å². The van der Waals surface area contributed by atoms with Crippen LogP contribution in [0.3, 0.4) is 0 Å². The molecule has 150 valence electrons. The van der Waals surface area contributed by atoms with Gasteiger partial charge in [-0.2, -0.15) is 0 Å². The molecule has 7 heteroatoms. The van der Waals surface area contributed by atoms with Crippen LogP contribution in [0.4, 0.5) is 10.5 Å². The Morgan fingerprint density at radius 3 is 2.21 bits per heavy atom. The molecule has 0 atom stereocenters. The normalized spacial score (nSPS) is 10.9. The van der Waals surface area contributed by atoms with Crippen molar-refractivity contribution in [3.05, 3.63) is 53.6 Å². The van der Waals surface area contributed by atoms with Crippen LogP contribution in [0.15, 0.2) is 42.5 Å². The van der Waals surface area contributed by atoms with Gasteiger partial charge in [-0.25, -0.2) is 9.59 Å². The molecular weight excluding hydrogens is 426 g/mol. The number of carbonyl (C=O) groups excluding carboxylic acids is 2. The standard InChI is InChI=1S/C21H24BrNO5/c1-21(2,3)28-20(25)27-17-12-15(23(4)5)11-14(13-22)18(17)19(24)26-16-9-7-6-8-10-16/h6-12H,13H2,1-5H3. The Morgan fingerprint density at radius 2 is 1.68 bits per heavy atom. The zero-order valence-corrected chi connectivity index (χ0v) is 18.2. The summed E-state index contributed by atoms with van der Waals surface area (Å²) in [6, 6.07) is 12.1. The number of nitrogens with zero attached hydrogens (tertiary/aromatic N) is 1. The minimum Gasteiger partial charge on any atom is -0.428 e. The summed E-state index contributed by atoms with van der Waals surface area (Å²) in [6.45, 7) is 5.21. The number of benzene rings is 2. The van der Waals surface area contributed by atoms with Crippen molar-refractivity contribution < 1.29 is 23.8 Å². The number of ether oxygens (including phenoxy) is 3. The Hall–Kier alpha value is -2.54. The zero-order valence-electron chi connectivity index (χ0n) is 16.6. The van der Waals surface area contributed by atoms with E-state index in [0.717, 1.165) is 5.69 Å². The summed E-state index contributed by atoms with van der Waals surface area (Å²) in [5.74, 6) is -0.145. The van der Waals surface area contributed by atoms with Crippen LogP contribution in [0.2, 0.25) is 0 Å². The number of carbonyl (C=O) groups is 2. The van der Waals surface area contributed by atoms with Gasteiger partial charge >= 0.3 is 12.1 Å². The predicted octanol–water partition coefficient (Wildman–Crippen LogP) is 5.18. The minimum absolute atomic E-state index is 0.0795. The number of esters is 1. The number of anilines is 1. The number of hydrogen-bond acceptors (Lipinski definition) is 6. The molecule has 6 nitrogen and oxygen atoms in total. The first kappa shape index (κ1) is 21.8. The van der Waals surface area contributed by atoms with E-state index in [9.17, 15) is 9.59 Å². The summed E-state index contributed by atoms with van der Waals surface area (Å²) >= 11 is 3.40. The number of hydrogen-bond donors (Lipinski definition) is 0. The van der Waals surface area contributed by atoms with Gasteiger partial charge in [0.1, 0.15) is 16.9 Å². The second-order valence-electron chi connectivity index (χ2n) is 7.28. The second-order valence-corrected chi connectivity index (χ2v) is 7.84. The first-order valence-corrected chi connectivity index (χ1v) is 9.81. The summed E-state index contributed by atoms with van der Waals surface area (Å²) in [5.41, 5.74) is 0.839. The van der Waals surface area contributed by atoms with Crippen LogP contribution in [0.1, 0.15) is 36.7 Å². The Balaban J connectivity index is 2.45. The molecule has 28 heavy (non-hydrogen) atoms. The van der Waals surface area contributed by atoms with E-state index in [2.05, 4.69) is 15.9 Å². The SMILES string of the molecule is CN(C)c1cc(CBr)c(C(=O)Oc2ccccc2)c(OC(=O)OC(C)(C)C)c1. The third-order valence-electron chi connectivity index (χ3n) is 3.57. The van der Waals surface area contributed by atoms with Gasteiger partial charge in [-0.3, -0.25) is 0 Å². The van der Waals surface area contributed by atoms with Crippen molar-refractivity contribution in [3.63, 3.8) is 0 Å². The maximum Gasteiger partial charge on any atom is 0.514 e. The summed E-state index contributed by atoms with van der Waals surface area (Å²) in [5, 5.41) is 0.374. The van der Waals surface area contributed by atoms with Crippen LogP contribution in [0.5, 0.6) is 11.5 Å². The lowest BCUT2D eigenvalue weighted by Gasteiger charge is -2.21. The Bertz CT molecular complexity index is 844. The van der Waals surface area contributed by atoms with E-state index in [-0.39, 0.29) is 11.3 Å². The molecule has 2 rings (SSSR count). The number of para-hydroxylation sites is 1.